The second-order valence-electron chi connectivity index (χ2n) is 8.00. The summed E-state index contributed by atoms with van der Waals surface area (Å²) in [6.45, 7) is 3.05. The van der Waals surface area contributed by atoms with Crippen LogP contribution >= 0.6 is 11.3 Å². The first-order valence-corrected chi connectivity index (χ1v) is 11.5. The highest BCUT2D eigenvalue weighted by molar-refractivity contribution is 7.10. The molecule has 2 aliphatic heterocycles. The second kappa shape index (κ2) is 8.24. The molecule has 162 valence electrons. The number of carbonyl (C=O) groups excluding carboxylic acids is 1. The average molecular weight is 446 g/mol. The highest BCUT2D eigenvalue weighted by Gasteiger charge is 2.24. The zero-order valence-electron chi connectivity index (χ0n) is 17.7. The summed E-state index contributed by atoms with van der Waals surface area (Å²) < 4.78 is 1.16. The van der Waals surface area contributed by atoms with Gasteiger partial charge in [-0.2, -0.15) is 0 Å². The van der Waals surface area contributed by atoms with Crippen molar-refractivity contribution in [1.82, 2.24) is 9.47 Å². The predicted molar refractivity (Wildman–Crippen MR) is 128 cm³/mol. The van der Waals surface area contributed by atoms with Crippen LogP contribution in [0.5, 0.6) is 5.88 Å². The normalized spacial score (nSPS) is 15.8. The maximum absolute atomic E-state index is 12.9. The van der Waals surface area contributed by atoms with Gasteiger partial charge < -0.3 is 10.0 Å². The van der Waals surface area contributed by atoms with Crippen LogP contribution in [0.2, 0.25) is 0 Å². The Bertz CT molecular complexity index is 1330. The number of amides is 1. The number of rotatable bonds is 4. The Morgan fingerprint density at radius 3 is 2.81 bits per heavy atom. The van der Waals surface area contributed by atoms with Crippen LogP contribution < -0.4 is 4.87 Å². The van der Waals surface area contributed by atoms with Crippen LogP contribution in [0.4, 0.5) is 5.69 Å². The van der Waals surface area contributed by atoms with Gasteiger partial charge >= 0.3 is 4.87 Å². The lowest BCUT2D eigenvalue weighted by Gasteiger charge is -2.29. The van der Waals surface area contributed by atoms with Crippen molar-refractivity contribution in [3.05, 3.63) is 79.3 Å². The third-order valence-corrected chi connectivity index (χ3v) is 7.02. The van der Waals surface area contributed by atoms with Crippen molar-refractivity contribution in [3.63, 3.8) is 0 Å². The van der Waals surface area contributed by atoms with E-state index in [1.54, 1.807) is 17.2 Å². The maximum atomic E-state index is 12.9. The number of carbonyl (C=O) groups is 1. The van der Waals surface area contributed by atoms with Crippen LogP contribution in [-0.2, 0) is 30.7 Å². The Kier molecular flexibility index (Phi) is 5.27. The minimum Gasteiger partial charge on any atom is -0.493 e. The van der Waals surface area contributed by atoms with E-state index in [4.69, 9.17) is 0 Å². The number of hydrogen-bond donors (Lipinski definition) is 1. The van der Waals surface area contributed by atoms with Crippen LogP contribution in [-0.4, -0.2) is 33.2 Å². The lowest BCUT2D eigenvalue weighted by atomic mass is 10.00. The first-order chi connectivity index (χ1) is 15.5. The molecule has 3 aromatic rings. The van der Waals surface area contributed by atoms with Gasteiger partial charge in [-0.15, -0.1) is 0 Å². The van der Waals surface area contributed by atoms with E-state index < -0.39 is 0 Å². The van der Waals surface area contributed by atoms with E-state index >= 15 is 0 Å². The van der Waals surface area contributed by atoms with Crippen LogP contribution in [0.3, 0.4) is 0 Å². The van der Waals surface area contributed by atoms with E-state index in [-0.39, 0.29) is 23.2 Å². The third kappa shape index (κ3) is 3.58. The number of benzene rings is 2. The number of thiazole rings is 1. The minimum atomic E-state index is -0.349. The van der Waals surface area contributed by atoms with E-state index in [9.17, 15) is 14.7 Å². The van der Waals surface area contributed by atoms with Crippen LogP contribution in [0.25, 0.3) is 11.6 Å². The van der Waals surface area contributed by atoms with Gasteiger partial charge in [-0.3, -0.25) is 19.1 Å². The topological polar surface area (TPSA) is 74.9 Å². The summed E-state index contributed by atoms with van der Waals surface area (Å²) in [5.41, 5.74) is 6.31. The van der Waals surface area contributed by atoms with Crippen molar-refractivity contribution in [2.45, 2.75) is 32.9 Å². The summed E-state index contributed by atoms with van der Waals surface area (Å²) in [5.74, 6) is -0.346. The van der Waals surface area contributed by atoms with Crippen LogP contribution in [0.15, 0.2) is 52.3 Å². The summed E-state index contributed by atoms with van der Waals surface area (Å²) in [6, 6.07) is 14.1. The molecule has 7 heteroatoms. The highest BCUT2D eigenvalue weighted by atomic mass is 32.1. The fraction of sp³-hybridized carbons (Fsp3) is 0.240. The smallest absolute Gasteiger partial charge is 0.311 e. The average Bonchev–Trinajstić information content (AvgIpc) is 3.34. The number of nitrogens with zero attached hydrogens (tertiary/aromatic N) is 3. The third-order valence-electron chi connectivity index (χ3n) is 6.10. The molecule has 5 rings (SSSR count). The molecule has 0 spiro atoms. The fourth-order valence-corrected chi connectivity index (χ4v) is 5.15. The number of aliphatic imine (C=N–C) groups is 1. The summed E-state index contributed by atoms with van der Waals surface area (Å²) in [6.07, 6.45) is 5.20. The van der Waals surface area contributed by atoms with Crippen LogP contribution in [0, 0.1) is 0 Å². The van der Waals surface area contributed by atoms with E-state index in [2.05, 4.69) is 24.0 Å². The van der Waals surface area contributed by atoms with E-state index in [1.807, 2.05) is 30.3 Å². The van der Waals surface area contributed by atoms with Gasteiger partial charge in [0, 0.05) is 30.4 Å². The summed E-state index contributed by atoms with van der Waals surface area (Å²) in [4.78, 5) is 31.8. The Balaban J connectivity index is 1.38. The van der Waals surface area contributed by atoms with Gasteiger partial charge in [0.1, 0.15) is 6.54 Å². The summed E-state index contributed by atoms with van der Waals surface area (Å²) >= 11 is 0.938. The number of para-hydroxylation sites is 1. The number of allylic oxidation sites excluding steroid dienone is 1. The molecule has 0 bridgehead atoms. The molecule has 0 radical (unpaired) electrons. The molecule has 32 heavy (non-hydrogen) atoms. The number of aromatic nitrogens is 1. The zero-order valence-corrected chi connectivity index (χ0v) is 18.6. The van der Waals surface area contributed by atoms with Gasteiger partial charge in [0.15, 0.2) is 0 Å². The second-order valence-corrected chi connectivity index (χ2v) is 8.99. The Hall–Kier alpha value is -3.45. The molecule has 0 saturated heterocycles. The zero-order chi connectivity index (χ0) is 22.2. The largest absolute Gasteiger partial charge is 0.493 e. The van der Waals surface area contributed by atoms with E-state index in [1.165, 1.54) is 5.56 Å². The minimum absolute atomic E-state index is 0.169. The Labute approximate surface area is 189 Å². The standard InChI is InChI=1S/C25H23N3O3S/c1-2-16-8-5-9-20-19(13-26-23(16)20)12-21-24(30)28(25(31)32-21)15-22(29)27-11-10-17-6-3-4-7-18(17)14-27/h3-9,12-13,30H,2,10-11,14-15H2,1H3. The lowest BCUT2D eigenvalue weighted by Crippen LogP contribution is -2.39. The van der Waals surface area contributed by atoms with Gasteiger partial charge in [0.05, 0.1) is 10.6 Å². The van der Waals surface area contributed by atoms with Gasteiger partial charge in [-0.1, -0.05) is 60.7 Å². The molecule has 0 atom stereocenters. The van der Waals surface area contributed by atoms with Crippen molar-refractivity contribution in [2.24, 2.45) is 4.99 Å². The molecule has 6 nitrogen and oxygen atoms in total. The van der Waals surface area contributed by atoms with Crippen molar-refractivity contribution in [2.75, 3.05) is 6.54 Å². The lowest BCUT2D eigenvalue weighted by molar-refractivity contribution is -0.132. The molecular weight excluding hydrogens is 422 g/mol. The number of aryl methyl sites for hydroxylation is 1. The monoisotopic (exact) mass is 445 g/mol. The summed E-state index contributed by atoms with van der Waals surface area (Å²) in [7, 11) is 0. The molecule has 0 saturated carbocycles. The van der Waals surface area contributed by atoms with Crippen LogP contribution in [0.1, 0.15) is 34.1 Å². The van der Waals surface area contributed by atoms with Gasteiger partial charge in [0.2, 0.25) is 11.8 Å². The van der Waals surface area contributed by atoms with E-state index in [0.29, 0.717) is 18.0 Å². The van der Waals surface area contributed by atoms with Crippen molar-refractivity contribution >= 4 is 40.8 Å². The van der Waals surface area contributed by atoms with Crippen molar-refractivity contribution in [1.29, 1.82) is 0 Å². The number of fused-ring (bicyclic) bond motifs is 2. The fourth-order valence-electron chi connectivity index (χ4n) is 4.31. The molecule has 1 N–H and O–H groups in total. The molecule has 0 aliphatic carbocycles. The first kappa shape index (κ1) is 20.5. The molecule has 2 aliphatic rings. The quantitative estimate of drug-likeness (QED) is 0.659. The maximum Gasteiger partial charge on any atom is 0.311 e. The first-order valence-electron chi connectivity index (χ1n) is 10.7. The molecule has 1 amide bonds. The van der Waals surface area contributed by atoms with E-state index in [0.717, 1.165) is 56.7 Å². The molecule has 0 fully saturated rings. The summed E-state index contributed by atoms with van der Waals surface area (Å²) in [5, 5.41) is 10.7. The molecule has 1 aromatic heterocycles. The predicted octanol–water partition coefficient (Wildman–Crippen LogP) is 4.02. The molecule has 0 unspecified atom stereocenters. The van der Waals surface area contributed by atoms with Gasteiger partial charge in [-0.25, -0.2) is 0 Å². The number of aromatic hydroxyl groups is 1. The highest BCUT2D eigenvalue weighted by Crippen LogP contribution is 2.37. The molecule has 2 aromatic carbocycles. The van der Waals surface area contributed by atoms with Crippen molar-refractivity contribution in [3.8, 4) is 5.88 Å². The van der Waals surface area contributed by atoms with Crippen molar-refractivity contribution < 1.29 is 9.90 Å². The number of hydrogen-bond acceptors (Lipinski definition) is 5. The Morgan fingerprint density at radius 2 is 2.00 bits per heavy atom. The SMILES string of the molecule is CCc1cccc2c1N=CC2=Cc1sc(=O)n(CC(=O)N2CCc3ccccc3C2)c1O. The Morgan fingerprint density at radius 1 is 1.19 bits per heavy atom. The molecule has 3 heterocycles. The van der Waals surface area contributed by atoms with Gasteiger partial charge in [0.25, 0.3) is 0 Å². The molecular formula is C25H23N3O3S. The van der Waals surface area contributed by atoms with Gasteiger partial charge in [-0.05, 0) is 35.6 Å².